The molecule has 0 spiro atoms. The van der Waals surface area contributed by atoms with Crippen LogP contribution in [0.2, 0.25) is 0 Å². The summed E-state index contributed by atoms with van der Waals surface area (Å²) in [4.78, 5) is 0. The van der Waals surface area contributed by atoms with Crippen molar-refractivity contribution in [3.63, 3.8) is 0 Å². The van der Waals surface area contributed by atoms with Crippen LogP contribution < -0.4 is 16.0 Å². The van der Waals surface area contributed by atoms with Crippen LogP contribution in [-0.2, 0) is 6.42 Å². The zero-order valence-corrected chi connectivity index (χ0v) is 11.1. The highest BCUT2D eigenvalue weighted by atomic mass is 16.5. The van der Waals surface area contributed by atoms with E-state index in [1.807, 2.05) is 18.2 Å². The molecule has 3 N–H and O–H groups in total. The fourth-order valence-corrected chi connectivity index (χ4v) is 1.94. The van der Waals surface area contributed by atoms with Gasteiger partial charge in [-0.05, 0) is 23.6 Å². The molecule has 0 aliphatic carbocycles. The molecule has 2 aromatic rings. The topological polar surface area (TPSA) is 73.1 Å². The van der Waals surface area contributed by atoms with Crippen LogP contribution in [0, 0.1) is 0 Å². The molecule has 1 unspecified atom stereocenters. The van der Waals surface area contributed by atoms with Crippen molar-refractivity contribution in [2.75, 3.05) is 7.11 Å². The number of benzene rings is 1. The van der Waals surface area contributed by atoms with Gasteiger partial charge in [0.1, 0.15) is 0 Å². The minimum atomic E-state index is -0.176. The molecule has 0 saturated carbocycles. The average Bonchev–Trinajstić information content (AvgIpc) is 2.49. The molecule has 100 valence electrons. The van der Waals surface area contributed by atoms with Crippen molar-refractivity contribution in [3.8, 4) is 5.88 Å². The monoisotopic (exact) mass is 258 g/mol. The zero-order valence-electron chi connectivity index (χ0n) is 11.1. The van der Waals surface area contributed by atoms with Crippen LogP contribution in [0.3, 0.4) is 0 Å². The second kappa shape index (κ2) is 6.26. The summed E-state index contributed by atoms with van der Waals surface area (Å²) < 4.78 is 5.00. The Morgan fingerprint density at radius 3 is 2.68 bits per heavy atom. The van der Waals surface area contributed by atoms with E-state index in [1.165, 1.54) is 5.56 Å². The predicted molar refractivity (Wildman–Crippen MR) is 73.6 cm³/mol. The fourth-order valence-electron chi connectivity index (χ4n) is 1.94. The third-order valence-corrected chi connectivity index (χ3v) is 3.02. The highest BCUT2D eigenvalue weighted by Gasteiger charge is 2.14. The maximum Gasteiger partial charge on any atom is 0.233 e. The van der Waals surface area contributed by atoms with Crippen molar-refractivity contribution in [1.82, 2.24) is 15.6 Å². The van der Waals surface area contributed by atoms with E-state index in [0.29, 0.717) is 5.88 Å². The first-order valence-corrected chi connectivity index (χ1v) is 6.21. The molecular formula is C14H18N4O. The van der Waals surface area contributed by atoms with Gasteiger partial charge in [-0.15, -0.1) is 10.2 Å². The van der Waals surface area contributed by atoms with E-state index in [-0.39, 0.29) is 6.04 Å². The zero-order chi connectivity index (χ0) is 13.7. The Bertz CT molecular complexity index is 527. The van der Waals surface area contributed by atoms with Gasteiger partial charge in [-0.1, -0.05) is 31.2 Å². The molecule has 2 rings (SSSR count). The number of rotatable bonds is 5. The summed E-state index contributed by atoms with van der Waals surface area (Å²) in [5, 5.41) is 8.10. The van der Waals surface area contributed by atoms with Crippen LogP contribution in [-0.4, -0.2) is 17.3 Å². The normalized spacial score (nSPS) is 12.2. The molecule has 0 saturated heterocycles. The number of aromatic nitrogens is 2. The second-order valence-corrected chi connectivity index (χ2v) is 4.20. The number of nitrogens with two attached hydrogens (primary N) is 1. The number of hydrogen-bond donors (Lipinski definition) is 2. The summed E-state index contributed by atoms with van der Waals surface area (Å²) in [5.41, 5.74) is 5.87. The lowest BCUT2D eigenvalue weighted by Crippen LogP contribution is -2.29. The number of hydrogen-bond acceptors (Lipinski definition) is 5. The Morgan fingerprint density at radius 2 is 2.11 bits per heavy atom. The van der Waals surface area contributed by atoms with Crippen LogP contribution >= 0.6 is 0 Å². The summed E-state index contributed by atoms with van der Waals surface area (Å²) in [6.07, 6.45) is 0.986. The van der Waals surface area contributed by atoms with Gasteiger partial charge in [0.05, 0.1) is 18.8 Å². The van der Waals surface area contributed by atoms with Crippen LogP contribution in [0.1, 0.15) is 29.8 Å². The maximum atomic E-state index is 5.65. The molecule has 0 aliphatic heterocycles. The molecule has 1 aromatic heterocycles. The maximum absolute atomic E-state index is 5.65. The van der Waals surface area contributed by atoms with E-state index < -0.39 is 0 Å². The van der Waals surface area contributed by atoms with Crippen molar-refractivity contribution in [3.05, 3.63) is 53.2 Å². The molecule has 19 heavy (non-hydrogen) atoms. The van der Waals surface area contributed by atoms with E-state index in [0.717, 1.165) is 17.7 Å². The minimum Gasteiger partial charge on any atom is -0.480 e. The van der Waals surface area contributed by atoms with E-state index in [4.69, 9.17) is 10.6 Å². The van der Waals surface area contributed by atoms with E-state index in [9.17, 15) is 0 Å². The number of nitrogens with one attached hydrogen (secondary N) is 1. The lowest BCUT2D eigenvalue weighted by molar-refractivity contribution is 0.390. The highest BCUT2D eigenvalue weighted by molar-refractivity contribution is 5.31. The van der Waals surface area contributed by atoms with Gasteiger partial charge < -0.3 is 4.74 Å². The number of aryl methyl sites for hydroxylation is 1. The Balaban J connectivity index is 2.31. The van der Waals surface area contributed by atoms with Crippen LogP contribution in [0.25, 0.3) is 0 Å². The van der Waals surface area contributed by atoms with E-state index in [1.54, 1.807) is 13.2 Å². The first-order chi connectivity index (χ1) is 9.28. The Morgan fingerprint density at radius 1 is 1.26 bits per heavy atom. The molecule has 0 radical (unpaired) electrons. The Kier molecular flexibility index (Phi) is 4.43. The van der Waals surface area contributed by atoms with Gasteiger partial charge in [0.25, 0.3) is 0 Å². The molecule has 1 aromatic carbocycles. The number of methoxy groups -OCH3 is 1. The number of ether oxygens (including phenoxy) is 1. The van der Waals surface area contributed by atoms with E-state index in [2.05, 4.69) is 34.7 Å². The van der Waals surface area contributed by atoms with Gasteiger partial charge in [-0.2, -0.15) is 0 Å². The summed E-state index contributed by atoms with van der Waals surface area (Å²) >= 11 is 0. The third-order valence-electron chi connectivity index (χ3n) is 3.02. The van der Waals surface area contributed by atoms with Crippen molar-refractivity contribution < 1.29 is 4.74 Å². The lowest BCUT2D eigenvalue weighted by atomic mass is 10.0. The largest absolute Gasteiger partial charge is 0.480 e. The van der Waals surface area contributed by atoms with Gasteiger partial charge in [0, 0.05) is 6.07 Å². The van der Waals surface area contributed by atoms with Gasteiger partial charge in [0.15, 0.2) is 0 Å². The summed E-state index contributed by atoms with van der Waals surface area (Å²) in [7, 11) is 1.56. The molecule has 0 aliphatic rings. The van der Waals surface area contributed by atoms with Gasteiger partial charge >= 0.3 is 0 Å². The predicted octanol–water partition coefficient (Wildman–Crippen LogP) is 1.60. The van der Waals surface area contributed by atoms with Crippen molar-refractivity contribution in [2.24, 2.45) is 5.84 Å². The fraction of sp³-hybridized carbons (Fsp3) is 0.286. The third kappa shape index (κ3) is 3.07. The standard InChI is InChI=1S/C14H18N4O/c1-3-10-5-4-6-11(9-10)14(16-15)12-7-8-13(19-2)18-17-12/h4-9,14,16H,3,15H2,1-2H3. The molecule has 5 heteroatoms. The SMILES string of the molecule is CCc1cccc(C(NN)c2ccc(OC)nn2)c1. The molecule has 1 heterocycles. The lowest BCUT2D eigenvalue weighted by Gasteiger charge is -2.16. The van der Waals surface area contributed by atoms with Crippen LogP contribution in [0.15, 0.2) is 36.4 Å². The Labute approximate surface area is 112 Å². The van der Waals surface area contributed by atoms with Crippen molar-refractivity contribution in [2.45, 2.75) is 19.4 Å². The smallest absolute Gasteiger partial charge is 0.233 e. The molecule has 0 fully saturated rings. The van der Waals surface area contributed by atoms with Gasteiger partial charge in [-0.25, -0.2) is 5.43 Å². The molecule has 5 nitrogen and oxygen atoms in total. The summed E-state index contributed by atoms with van der Waals surface area (Å²) in [5.74, 6) is 6.14. The molecule has 1 atom stereocenters. The molecule has 0 amide bonds. The summed E-state index contributed by atoms with van der Waals surface area (Å²) in [6, 6.07) is 11.7. The van der Waals surface area contributed by atoms with Gasteiger partial charge in [0.2, 0.25) is 5.88 Å². The first kappa shape index (κ1) is 13.5. The molecular weight excluding hydrogens is 240 g/mol. The van der Waals surface area contributed by atoms with Crippen molar-refractivity contribution in [1.29, 1.82) is 0 Å². The van der Waals surface area contributed by atoms with Crippen molar-refractivity contribution >= 4 is 0 Å². The second-order valence-electron chi connectivity index (χ2n) is 4.20. The highest BCUT2D eigenvalue weighted by Crippen LogP contribution is 2.21. The van der Waals surface area contributed by atoms with Crippen LogP contribution in [0.5, 0.6) is 5.88 Å². The minimum absolute atomic E-state index is 0.176. The Hall–Kier alpha value is -1.98. The molecule has 0 bridgehead atoms. The first-order valence-electron chi connectivity index (χ1n) is 6.21. The quantitative estimate of drug-likeness (QED) is 0.629. The van der Waals surface area contributed by atoms with Gasteiger partial charge in [-0.3, -0.25) is 5.84 Å². The van der Waals surface area contributed by atoms with E-state index >= 15 is 0 Å². The number of nitrogens with zero attached hydrogens (tertiary/aromatic N) is 2. The summed E-state index contributed by atoms with van der Waals surface area (Å²) in [6.45, 7) is 2.12. The van der Waals surface area contributed by atoms with Crippen LogP contribution in [0.4, 0.5) is 0 Å². The average molecular weight is 258 g/mol. The number of hydrazine groups is 1.